The summed E-state index contributed by atoms with van der Waals surface area (Å²) >= 11 is 11.5. The molecule has 16 heavy (non-hydrogen) atoms. The first kappa shape index (κ1) is 12.2. The van der Waals surface area contributed by atoms with E-state index < -0.39 is 0 Å². The smallest absolute Gasteiger partial charge is 0.0740 e. The maximum absolute atomic E-state index is 5.89. The molecule has 0 aliphatic rings. The third kappa shape index (κ3) is 2.50. The second-order valence-electron chi connectivity index (χ2n) is 3.82. The minimum absolute atomic E-state index is 0.267. The lowest BCUT2D eigenvalue weighted by Gasteiger charge is -2.09. The Hall–Kier alpha value is -0.310. The van der Waals surface area contributed by atoms with Gasteiger partial charge in [-0.1, -0.05) is 39.7 Å². The second-order valence-corrected chi connectivity index (χ2v) is 6.46. The lowest BCUT2D eigenvalue weighted by atomic mass is 10.1. The Bertz CT molecular complexity index is 487. The van der Waals surface area contributed by atoms with Crippen molar-refractivity contribution in [3.05, 3.63) is 56.2 Å². The van der Waals surface area contributed by atoms with Crippen molar-refractivity contribution >= 4 is 38.9 Å². The zero-order valence-corrected chi connectivity index (χ0v) is 12.3. The van der Waals surface area contributed by atoms with Gasteiger partial charge < -0.3 is 0 Å². The minimum Gasteiger partial charge on any atom is -0.144 e. The molecule has 0 nitrogen and oxygen atoms in total. The fraction of sp³-hybridized carbons (Fsp3) is 0.231. The summed E-state index contributed by atoms with van der Waals surface area (Å²) in [6.07, 6.45) is 0. The molecule has 1 heterocycles. The fourth-order valence-electron chi connectivity index (χ4n) is 1.69. The molecule has 0 spiro atoms. The Kier molecular flexibility index (Phi) is 3.73. The van der Waals surface area contributed by atoms with Gasteiger partial charge in [-0.15, -0.1) is 11.3 Å². The predicted molar refractivity (Wildman–Crippen MR) is 76.0 cm³/mol. The molecule has 2 aromatic rings. The van der Waals surface area contributed by atoms with E-state index in [-0.39, 0.29) is 4.83 Å². The van der Waals surface area contributed by atoms with Crippen molar-refractivity contribution in [1.29, 1.82) is 0 Å². The molecule has 0 saturated heterocycles. The SMILES string of the molecule is Cc1cc(C)c(C(Br)c2ccc(Cl)cc2)s1. The van der Waals surface area contributed by atoms with E-state index in [1.54, 1.807) is 0 Å². The van der Waals surface area contributed by atoms with Crippen molar-refractivity contribution in [2.24, 2.45) is 0 Å². The largest absolute Gasteiger partial charge is 0.144 e. The molecule has 84 valence electrons. The topological polar surface area (TPSA) is 0 Å². The number of benzene rings is 1. The lowest BCUT2D eigenvalue weighted by molar-refractivity contribution is 1.19. The molecule has 1 atom stereocenters. The number of thiophene rings is 1. The van der Waals surface area contributed by atoms with E-state index in [1.165, 1.54) is 20.9 Å². The van der Waals surface area contributed by atoms with E-state index in [9.17, 15) is 0 Å². The molecule has 1 unspecified atom stereocenters. The summed E-state index contributed by atoms with van der Waals surface area (Å²) in [5.41, 5.74) is 2.59. The molecule has 0 aliphatic carbocycles. The van der Waals surface area contributed by atoms with Crippen LogP contribution >= 0.6 is 38.9 Å². The molecule has 0 fully saturated rings. The molecule has 0 aliphatic heterocycles. The third-order valence-electron chi connectivity index (χ3n) is 2.47. The number of rotatable bonds is 2. The molecule has 3 heteroatoms. The zero-order chi connectivity index (χ0) is 11.7. The number of alkyl halides is 1. The van der Waals surface area contributed by atoms with Crippen molar-refractivity contribution in [2.75, 3.05) is 0 Å². The summed E-state index contributed by atoms with van der Waals surface area (Å²) in [4.78, 5) is 2.99. The molecule has 0 bridgehead atoms. The van der Waals surface area contributed by atoms with E-state index >= 15 is 0 Å². The highest BCUT2D eigenvalue weighted by molar-refractivity contribution is 9.09. The number of halogens is 2. The van der Waals surface area contributed by atoms with E-state index in [0.29, 0.717) is 0 Å². The second kappa shape index (κ2) is 4.91. The van der Waals surface area contributed by atoms with Crippen molar-refractivity contribution in [3.8, 4) is 0 Å². The highest BCUT2D eigenvalue weighted by Gasteiger charge is 2.15. The molecule has 0 saturated carbocycles. The van der Waals surface area contributed by atoms with E-state index in [0.717, 1.165) is 5.02 Å². The van der Waals surface area contributed by atoms with Gasteiger partial charge in [0, 0.05) is 14.8 Å². The molecular formula is C13H12BrClS. The van der Waals surface area contributed by atoms with Crippen LogP contribution in [0.2, 0.25) is 5.02 Å². The standard InChI is InChI=1S/C13H12BrClS/c1-8-7-9(2)16-13(8)12(14)10-3-5-11(15)6-4-10/h3-7,12H,1-2H3. The van der Waals surface area contributed by atoms with Crippen molar-refractivity contribution in [3.63, 3.8) is 0 Å². The maximum atomic E-state index is 5.89. The van der Waals surface area contributed by atoms with Crippen LogP contribution in [0.1, 0.15) is 25.7 Å². The number of aryl methyl sites for hydroxylation is 2. The monoisotopic (exact) mass is 314 g/mol. The van der Waals surface area contributed by atoms with Gasteiger partial charge in [0.1, 0.15) is 0 Å². The van der Waals surface area contributed by atoms with Gasteiger partial charge in [0.05, 0.1) is 4.83 Å². The Morgan fingerprint density at radius 1 is 1.19 bits per heavy atom. The van der Waals surface area contributed by atoms with Gasteiger partial charge in [-0.2, -0.15) is 0 Å². The van der Waals surface area contributed by atoms with Crippen LogP contribution in [0.5, 0.6) is 0 Å². The van der Waals surface area contributed by atoms with Crippen LogP contribution in [-0.4, -0.2) is 0 Å². The van der Waals surface area contributed by atoms with Crippen molar-refractivity contribution < 1.29 is 0 Å². The van der Waals surface area contributed by atoms with Gasteiger partial charge >= 0.3 is 0 Å². The zero-order valence-electron chi connectivity index (χ0n) is 9.13. The van der Waals surface area contributed by atoms with Crippen LogP contribution in [0.4, 0.5) is 0 Å². The van der Waals surface area contributed by atoms with Gasteiger partial charge in [0.25, 0.3) is 0 Å². The Balaban J connectivity index is 2.35. The highest BCUT2D eigenvalue weighted by atomic mass is 79.9. The average molecular weight is 316 g/mol. The Morgan fingerprint density at radius 2 is 1.81 bits per heavy atom. The van der Waals surface area contributed by atoms with E-state index in [4.69, 9.17) is 11.6 Å². The van der Waals surface area contributed by atoms with Gasteiger partial charge in [-0.05, 0) is 43.2 Å². The molecule has 0 amide bonds. The van der Waals surface area contributed by atoms with E-state index in [1.807, 2.05) is 23.5 Å². The van der Waals surface area contributed by atoms with Crippen molar-refractivity contribution in [1.82, 2.24) is 0 Å². The summed E-state index contributed by atoms with van der Waals surface area (Å²) in [5, 5.41) is 0.780. The van der Waals surface area contributed by atoms with Crippen LogP contribution in [0.3, 0.4) is 0 Å². The van der Waals surface area contributed by atoms with Crippen LogP contribution in [0.25, 0.3) is 0 Å². The maximum Gasteiger partial charge on any atom is 0.0740 e. The Morgan fingerprint density at radius 3 is 2.31 bits per heavy atom. The predicted octanol–water partition coefficient (Wildman–Crippen LogP) is 5.50. The minimum atomic E-state index is 0.267. The summed E-state index contributed by atoms with van der Waals surface area (Å²) in [6, 6.07) is 10.2. The van der Waals surface area contributed by atoms with Crippen LogP contribution in [-0.2, 0) is 0 Å². The summed E-state index contributed by atoms with van der Waals surface area (Å²) in [5.74, 6) is 0. The van der Waals surface area contributed by atoms with Crippen LogP contribution in [0, 0.1) is 13.8 Å². The first-order chi connectivity index (χ1) is 7.58. The molecule has 1 aromatic heterocycles. The first-order valence-corrected chi connectivity index (χ1v) is 7.15. The fourth-order valence-corrected chi connectivity index (χ4v) is 3.81. The summed E-state index contributed by atoms with van der Waals surface area (Å²) in [7, 11) is 0. The summed E-state index contributed by atoms with van der Waals surface area (Å²) < 4.78 is 0. The van der Waals surface area contributed by atoms with Crippen LogP contribution < -0.4 is 0 Å². The quantitative estimate of drug-likeness (QED) is 0.642. The third-order valence-corrected chi connectivity index (χ3v) is 5.23. The molecule has 1 aromatic carbocycles. The van der Waals surface area contributed by atoms with Crippen LogP contribution in [0.15, 0.2) is 30.3 Å². The normalized spacial score (nSPS) is 12.8. The highest BCUT2D eigenvalue weighted by Crippen LogP contribution is 2.37. The van der Waals surface area contributed by atoms with Gasteiger partial charge in [-0.3, -0.25) is 0 Å². The average Bonchev–Trinajstić information content (AvgIpc) is 2.58. The van der Waals surface area contributed by atoms with Gasteiger partial charge in [-0.25, -0.2) is 0 Å². The molecule has 0 radical (unpaired) electrons. The van der Waals surface area contributed by atoms with Gasteiger partial charge in [0.2, 0.25) is 0 Å². The molecular weight excluding hydrogens is 304 g/mol. The van der Waals surface area contributed by atoms with Gasteiger partial charge in [0.15, 0.2) is 0 Å². The number of hydrogen-bond acceptors (Lipinski definition) is 1. The molecule has 0 N–H and O–H groups in total. The van der Waals surface area contributed by atoms with Crippen molar-refractivity contribution in [2.45, 2.75) is 18.7 Å². The lowest BCUT2D eigenvalue weighted by Crippen LogP contribution is -1.90. The molecule has 2 rings (SSSR count). The number of hydrogen-bond donors (Lipinski definition) is 0. The first-order valence-electron chi connectivity index (χ1n) is 5.04. The Labute approximate surface area is 113 Å². The van der Waals surface area contributed by atoms with E-state index in [2.05, 4.69) is 48.0 Å². The summed E-state index contributed by atoms with van der Waals surface area (Å²) in [6.45, 7) is 4.30.